The number of carboxylic acids is 1. The molecule has 3 rings (SSSR count). The summed E-state index contributed by atoms with van der Waals surface area (Å²) in [7, 11) is 0. The van der Waals surface area contributed by atoms with Crippen LogP contribution in [0.2, 0.25) is 0 Å². The third-order valence-electron chi connectivity index (χ3n) is 4.27. The van der Waals surface area contributed by atoms with Gasteiger partial charge < -0.3 is 10.4 Å². The molecule has 0 saturated heterocycles. The zero-order valence-corrected chi connectivity index (χ0v) is 12.2. The van der Waals surface area contributed by atoms with E-state index in [2.05, 4.69) is 10.3 Å². The van der Waals surface area contributed by atoms with E-state index in [1.807, 2.05) is 12.1 Å². The first-order valence-corrected chi connectivity index (χ1v) is 7.57. The molecule has 0 unspecified atom stereocenters. The topological polar surface area (TPSA) is 83.7 Å². The van der Waals surface area contributed by atoms with Gasteiger partial charge in [0.05, 0.1) is 11.6 Å². The fourth-order valence-electron chi connectivity index (χ4n) is 2.99. The molecule has 6 heteroatoms. The van der Waals surface area contributed by atoms with Crippen LogP contribution in [0.15, 0.2) is 35.3 Å². The fourth-order valence-corrected chi connectivity index (χ4v) is 2.99. The molecule has 1 aliphatic rings. The lowest BCUT2D eigenvalue weighted by molar-refractivity contribution is -0.142. The van der Waals surface area contributed by atoms with Crippen molar-refractivity contribution in [2.24, 2.45) is 5.92 Å². The standard InChI is InChI=1S/C16H19N3O3/c20-15-9-13(18-14-3-1-2-8-19(14)15)10-17-12-6-4-11(5-7-12)16(21)22/h1-3,8-9,11-12,17H,4-7,10H2,(H,21,22)/t11-,12-. The van der Waals surface area contributed by atoms with E-state index >= 15 is 0 Å². The molecule has 2 heterocycles. The molecule has 2 N–H and O–H groups in total. The number of hydrogen-bond acceptors (Lipinski definition) is 4. The van der Waals surface area contributed by atoms with Crippen molar-refractivity contribution in [2.75, 3.05) is 0 Å². The van der Waals surface area contributed by atoms with E-state index in [1.54, 1.807) is 18.3 Å². The van der Waals surface area contributed by atoms with Crippen LogP contribution in [-0.2, 0) is 11.3 Å². The van der Waals surface area contributed by atoms with Gasteiger partial charge >= 0.3 is 5.97 Å². The molecule has 2 aromatic heterocycles. The predicted octanol–water partition coefficient (Wildman–Crippen LogP) is 1.43. The van der Waals surface area contributed by atoms with E-state index in [-0.39, 0.29) is 11.5 Å². The number of rotatable bonds is 4. The molecule has 0 aliphatic heterocycles. The number of carboxylic acid groups (broad SMARTS) is 1. The maximum absolute atomic E-state index is 12.0. The molecule has 2 aromatic rings. The maximum Gasteiger partial charge on any atom is 0.306 e. The maximum atomic E-state index is 12.0. The fraction of sp³-hybridized carbons (Fsp3) is 0.438. The van der Waals surface area contributed by atoms with Crippen molar-refractivity contribution in [3.8, 4) is 0 Å². The van der Waals surface area contributed by atoms with Gasteiger partial charge in [0.2, 0.25) is 0 Å². The Morgan fingerprint density at radius 3 is 2.82 bits per heavy atom. The first-order valence-electron chi connectivity index (χ1n) is 7.57. The minimum Gasteiger partial charge on any atom is -0.481 e. The zero-order chi connectivity index (χ0) is 15.5. The summed E-state index contributed by atoms with van der Waals surface area (Å²) in [6.07, 6.45) is 4.82. The third kappa shape index (κ3) is 3.17. The van der Waals surface area contributed by atoms with E-state index in [0.29, 0.717) is 31.1 Å². The SMILES string of the molecule is O=c1cc(CN[C@H]2CC[C@H](C(=O)O)CC2)nc2ccccn12. The number of carbonyl (C=O) groups is 1. The molecule has 0 atom stereocenters. The van der Waals surface area contributed by atoms with Crippen molar-refractivity contribution in [3.63, 3.8) is 0 Å². The van der Waals surface area contributed by atoms with Crippen LogP contribution >= 0.6 is 0 Å². The summed E-state index contributed by atoms with van der Waals surface area (Å²) in [5.74, 6) is -0.899. The highest BCUT2D eigenvalue weighted by atomic mass is 16.4. The number of aliphatic carboxylic acids is 1. The monoisotopic (exact) mass is 301 g/mol. The van der Waals surface area contributed by atoms with Crippen LogP contribution < -0.4 is 10.9 Å². The largest absolute Gasteiger partial charge is 0.481 e. The number of fused-ring (bicyclic) bond motifs is 1. The molecule has 0 radical (unpaired) electrons. The minimum atomic E-state index is -0.692. The number of hydrogen-bond donors (Lipinski definition) is 2. The summed E-state index contributed by atoms with van der Waals surface area (Å²) in [5.41, 5.74) is 1.27. The van der Waals surface area contributed by atoms with Crippen molar-refractivity contribution in [1.82, 2.24) is 14.7 Å². The lowest BCUT2D eigenvalue weighted by Crippen LogP contribution is -2.35. The predicted molar refractivity (Wildman–Crippen MR) is 81.7 cm³/mol. The molecule has 116 valence electrons. The normalized spacial score (nSPS) is 21.8. The Labute approximate surface area is 127 Å². The van der Waals surface area contributed by atoms with Crippen molar-refractivity contribution < 1.29 is 9.90 Å². The molecule has 0 amide bonds. The highest BCUT2D eigenvalue weighted by Gasteiger charge is 2.25. The highest BCUT2D eigenvalue weighted by molar-refractivity contribution is 5.70. The zero-order valence-electron chi connectivity index (χ0n) is 12.2. The van der Waals surface area contributed by atoms with Gasteiger partial charge in [0.25, 0.3) is 5.56 Å². The Kier molecular flexibility index (Phi) is 4.20. The third-order valence-corrected chi connectivity index (χ3v) is 4.27. The van der Waals surface area contributed by atoms with E-state index < -0.39 is 5.97 Å². The minimum absolute atomic E-state index is 0.0861. The molecule has 0 spiro atoms. The Morgan fingerprint density at radius 1 is 1.32 bits per heavy atom. The molecule has 0 bridgehead atoms. The summed E-state index contributed by atoms with van der Waals surface area (Å²) < 4.78 is 1.52. The van der Waals surface area contributed by atoms with Crippen LogP contribution in [0.1, 0.15) is 31.4 Å². The van der Waals surface area contributed by atoms with E-state index in [0.717, 1.165) is 18.5 Å². The van der Waals surface area contributed by atoms with Crippen LogP contribution in [0.3, 0.4) is 0 Å². The van der Waals surface area contributed by atoms with Gasteiger partial charge in [-0.15, -0.1) is 0 Å². The smallest absolute Gasteiger partial charge is 0.306 e. The molecule has 6 nitrogen and oxygen atoms in total. The van der Waals surface area contributed by atoms with Crippen molar-refractivity contribution in [1.29, 1.82) is 0 Å². The van der Waals surface area contributed by atoms with Crippen molar-refractivity contribution in [2.45, 2.75) is 38.3 Å². The van der Waals surface area contributed by atoms with Gasteiger partial charge in [-0.1, -0.05) is 6.07 Å². The average Bonchev–Trinajstić information content (AvgIpc) is 2.53. The van der Waals surface area contributed by atoms with Gasteiger partial charge in [0.1, 0.15) is 5.65 Å². The van der Waals surface area contributed by atoms with E-state index in [4.69, 9.17) is 5.11 Å². The van der Waals surface area contributed by atoms with Gasteiger partial charge in [-0.05, 0) is 37.8 Å². The van der Waals surface area contributed by atoms with Crippen LogP contribution in [0, 0.1) is 5.92 Å². The number of nitrogens with one attached hydrogen (secondary N) is 1. The second kappa shape index (κ2) is 6.27. The lowest BCUT2D eigenvalue weighted by Gasteiger charge is -2.26. The van der Waals surface area contributed by atoms with Gasteiger partial charge in [0.15, 0.2) is 0 Å². The summed E-state index contributed by atoms with van der Waals surface area (Å²) in [6.45, 7) is 0.531. The van der Waals surface area contributed by atoms with Crippen molar-refractivity contribution in [3.05, 3.63) is 46.5 Å². The molecule has 1 saturated carbocycles. The Hall–Kier alpha value is -2.21. The molecular formula is C16H19N3O3. The first kappa shape index (κ1) is 14.7. The molecule has 0 aromatic carbocycles. The number of pyridine rings is 1. The molecular weight excluding hydrogens is 282 g/mol. The van der Waals surface area contributed by atoms with Crippen LogP contribution in [-0.4, -0.2) is 26.5 Å². The van der Waals surface area contributed by atoms with Gasteiger partial charge in [-0.3, -0.25) is 14.0 Å². The summed E-state index contributed by atoms with van der Waals surface area (Å²) in [6, 6.07) is 7.30. The Morgan fingerprint density at radius 2 is 2.09 bits per heavy atom. The second-order valence-corrected chi connectivity index (χ2v) is 5.78. The highest BCUT2D eigenvalue weighted by Crippen LogP contribution is 2.24. The quantitative estimate of drug-likeness (QED) is 0.892. The van der Waals surface area contributed by atoms with Gasteiger partial charge in [-0.2, -0.15) is 0 Å². The summed E-state index contributed by atoms with van der Waals surface area (Å²) >= 11 is 0. The van der Waals surface area contributed by atoms with Crippen LogP contribution in [0.25, 0.3) is 5.65 Å². The van der Waals surface area contributed by atoms with Crippen LogP contribution in [0.4, 0.5) is 0 Å². The molecule has 22 heavy (non-hydrogen) atoms. The summed E-state index contributed by atoms with van der Waals surface area (Å²) in [5, 5.41) is 12.4. The average molecular weight is 301 g/mol. The van der Waals surface area contributed by atoms with E-state index in [9.17, 15) is 9.59 Å². The first-order chi connectivity index (χ1) is 10.6. The number of aromatic nitrogens is 2. The van der Waals surface area contributed by atoms with E-state index in [1.165, 1.54) is 4.40 Å². The Balaban J connectivity index is 1.63. The number of nitrogens with zero attached hydrogens (tertiary/aromatic N) is 2. The Bertz CT molecular complexity index is 733. The summed E-state index contributed by atoms with van der Waals surface area (Å²) in [4.78, 5) is 27.4. The second-order valence-electron chi connectivity index (χ2n) is 5.78. The van der Waals surface area contributed by atoms with Crippen molar-refractivity contribution >= 4 is 11.6 Å². The molecule has 1 fully saturated rings. The van der Waals surface area contributed by atoms with Gasteiger partial charge in [-0.25, -0.2) is 4.98 Å². The van der Waals surface area contributed by atoms with Crippen LogP contribution in [0.5, 0.6) is 0 Å². The molecule has 1 aliphatic carbocycles. The van der Waals surface area contributed by atoms with Gasteiger partial charge in [0, 0.05) is 24.8 Å². The lowest BCUT2D eigenvalue weighted by atomic mass is 9.86.